The molecule has 0 fully saturated rings. The van der Waals surface area contributed by atoms with Crippen LogP contribution in [0.1, 0.15) is 27.2 Å². The molecule has 0 radical (unpaired) electrons. The first-order valence-electron chi connectivity index (χ1n) is 4.19. The fourth-order valence-corrected chi connectivity index (χ4v) is 1.85. The molecule has 0 spiro atoms. The summed E-state index contributed by atoms with van der Waals surface area (Å²) in [6.45, 7) is 6.55. The molecule has 0 aromatic rings. The Kier molecular flexibility index (Phi) is 2.78. The van der Waals surface area contributed by atoms with Gasteiger partial charge in [-0.2, -0.15) is 0 Å². The normalized spacial score (nSPS) is 25.0. The summed E-state index contributed by atoms with van der Waals surface area (Å²) in [5.41, 5.74) is 1.31. The SMILES string of the molecule is CC1C=C(Cl)C(C(C)C)=CC1. The highest BCUT2D eigenvalue weighted by atomic mass is 35.5. The van der Waals surface area contributed by atoms with E-state index in [2.05, 4.69) is 32.9 Å². The van der Waals surface area contributed by atoms with Gasteiger partial charge in [0.1, 0.15) is 0 Å². The third kappa shape index (κ3) is 2.10. The molecular formula is C10H15Cl. The maximum Gasteiger partial charge on any atom is 0.0400 e. The highest BCUT2D eigenvalue weighted by Crippen LogP contribution is 2.30. The largest absolute Gasteiger partial charge is 0.0844 e. The molecule has 0 nitrogen and oxygen atoms in total. The molecule has 0 aromatic heterocycles. The molecule has 0 aromatic carbocycles. The third-order valence-electron chi connectivity index (χ3n) is 2.04. The Morgan fingerprint density at radius 3 is 2.64 bits per heavy atom. The van der Waals surface area contributed by atoms with Crippen LogP contribution in [0.3, 0.4) is 0 Å². The summed E-state index contributed by atoms with van der Waals surface area (Å²) in [6, 6.07) is 0. The van der Waals surface area contributed by atoms with Crippen molar-refractivity contribution in [3.8, 4) is 0 Å². The van der Waals surface area contributed by atoms with Crippen LogP contribution >= 0.6 is 11.6 Å². The summed E-state index contributed by atoms with van der Waals surface area (Å²) in [5, 5.41) is 0.957. The summed E-state index contributed by atoms with van der Waals surface area (Å²) in [4.78, 5) is 0. The second-order valence-electron chi connectivity index (χ2n) is 3.54. The number of hydrogen-bond acceptors (Lipinski definition) is 0. The molecule has 1 aliphatic carbocycles. The molecular weight excluding hydrogens is 156 g/mol. The minimum Gasteiger partial charge on any atom is -0.0844 e. The first kappa shape index (κ1) is 8.86. The zero-order chi connectivity index (χ0) is 8.43. The number of allylic oxidation sites excluding steroid dienone is 4. The molecule has 0 aliphatic heterocycles. The number of rotatable bonds is 1. The zero-order valence-electron chi connectivity index (χ0n) is 7.39. The minimum absolute atomic E-state index is 0.561. The van der Waals surface area contributed by atoms with Crippen molar-refractivity contribution in [3.63, 3.8) is 0 Å². The average molecular weight is 171 g/mol. The molecule has 0 N–H and O–H groups in total. The first-order valence-corrected chi connectivity index (χ1v) is 4.56. The van der Waals surface area contributed by atoms with Crippen molar-refractivity contribution in [1.82, 2.24) is 0 Å². The second-order valence-corrected chi connectivity index (χ2v) is 3.95. The highest BCUT2D eigenvalue weighted by molar-refractivity contribution is 6.32. The lowest BCUT2D eigenvalue weighted by atomic mass is 9.92. The highest BCUT2D eigenvalue weighted by Gasteiger charge is 2.12. The Balaban J connectivity index is 2.77. The van der Waals surface area contributed by atoms with Crippen LogP contribution in [0.25, 0.3) is 0 Å². The van der Waals surface area contributed by atoms with Gasteiger partial charge in [-0.05, 0) is 23.8 Å². The zero-order valence-corrected chi connectivity index (χ0v) is 8.15. The molecule has 0 saturated carbocycles. The minimum atomic E-state index is 0.561. The Labute approximate surface area is 73.9 Å². The van der Waals surface area contributed by atoms with E-state index >= 15 is 0 Å². The van der Waals surface area contributed by atoms with E-state index < -0.39 is 0 Å². The Hall–Kier alpha value is -0.230. The Morgan fingerprint density at radius 1 is 1.55 bits per heavy atom. The third-order valence-corrected chi connectivity index (χ3v) is 2.38. The van der Waals surface area contributed by atoms with E-state index in [0.29, 0.717) is 11.8 Å². The van der Waals surface area contributed by atoms with Crippen LogP contribution in [-0.2, 0) is 0 Å². The lowest BCUT2D eigenvalue weighted by molar-refractivity contribution is 0.693. The molecule has 11 heavy (non-hydrogen) atoms. The van der Waals surface area contributed by atoms with Gasteiger partial charge in [0.05, 0.1) is 0 Å². The molecule has 1 atom stereocenters. The number of halogens is 1. The fourth-order valence-electron chi connectivity index (χ4n) is 1.34. The van der Waals surface area contributed by atoms with Gasteiger partial charge in [-0.15, -0.1) is 0 Å². The smallest absolute Gasteiger partial charge is 0.0400 e. The molecule has 0 saturated heterocycles. The van der Waals surface area contributed by atoms with Crippen LogP contribution in [0, 0.1) is 11.8 Å². The van der Waals surface area contributed by atoms with E-state index in [9.17, 15) is 0 Å². The van der Waals surface area contributed by atoms with Crippen molar-refractivity contribution in [2.45, 2.75) is 27.2 Å². The van der Waals surface area contributed by atoms with Gasteiger partial charge >= 0.3 is 0 Å². The van der Waals surface area contributed by atoms with Crippen LogP contribution in [0.15, 0.2) is 22.8 Å². The van der Waals surface area contributed by atoms with E-state index in [1.54, 1.807) is 0 Å². The number of hydrogen-bond donors (Lipinski definition) is 0. The van der Waals surface area contributed by atoms with E-state index in [-0.39, 0.29) is 0 Å². The van der Waals surface area contributed by atoms with Crippen LogP contribution in [0.4, 0.5) is 0 Å². The summed E-state index contributed by atoms with van der Waals surface area (Å²) in [7, 11) is 0. The van der Waals surface area contributed by atoms with Crippen LogP contribution in [0.2, 0.25) is 0 Å². The van der Waals surface area contributed by atoms with E-state index in [4.69, 9.17) is 11.6 Å². The maximum atomic E-state index is 6.07. The van der Waals surface area contributed by atoms with Gasteiger partial charge in [-0.25, -0.2) is 0 Å². The van der Waals surface area contributed by atoms with Crippen molar-refractivity contribution >= 4 is 11.6 Å². The standard InChI is InChI=1S/C10H15Cl/c1-7(2)9-5-4-8(3)6-10(9)11/h5-8H,4H2,1-3H3. The predicted octanol–water partition coefficient (Wildman–Crippen LogP) is 3.73. The van der Waals surface area contributed by atoms with Gasteiger partial charge in [0, 0.05) is 5.03 Å². The molecule has 1 aliphatic rings. The summed E-state index contributed by atoms with van der Waals surface area (Å²) < 4.78 is 0. The van der Waals surface area contributed by atoms with E-state index in [1.807, 2.05) is 0 Å². The van der Waals surface area contributed by atoms with Crippen molar-refractivity contribution in [2.75, 3.05) is 0 Å². The van der Waals surface area contributed by atoms with Gasteiger partial charge < -0.3 is 0 Å². The van der Waals surface area contributed by atoms with Crippen LogP contribution < -0.4 is 0 Å². The van der Waals surface area contributed by atoms with Gasteiger partial charge in [-0.1, -0.05) is 44.5 Å². The molecule has 1 heteroatoms. The molecule has 0 bridgehead atoms. The summed E-state index contributed by atoms with van der Waals surface area (Å²) in [6.07, 6.45) is 5.55. The monoisotopic (exact) mass is 170 g/mol. The van der Waals surface area contributed by atoms with Crippen LogP contribution in [0.5, 0.6) is 0 Å². The quantitative estimate of drug-likeness (QED) is 0.563. The van der Waals surface area contributed by atoms with Crippen LogP contribution in [-0.4, -0.2) is 0 Å². The molecule has 1 unspecified atom stereocenters. The predicted molar refractivity (Wildman–Crippen MR) is 50.6 cm³/mol. The molecule has 62 valence electrons. The van der Waals surface area contributed by atoms with Gasteiger partial charge in [0.2, 0.25) is 0 Å². The fraction of sp³-hybridized carbons (Fsp3) is 0.600. The first-order chi connectivity index (χ1) is 5.11. The van der Waals surface area contributed by atoms with Crippen molar-refractivity contribution < 1.29 is 0 Å². The van der Waals surface area contributed by atoms with Gasteiger partial charge in [-0.3, -0.25) is 0 Å². The summed E-state index contributed by atoms with van der Waals surface area (Å²) >= 11 is 6.07. The van der Waals surface area contributed by atoms with Crippen molar-refractivity contribution in [2.24, 2.45) is 11.8 Å². The average Bonchev–Trinajstić information content (AvgIpc) is 1.85. The Bertz CT molecular complexity index is 199. The van der Waals surface area contributed by atoms with Crippen molar-refractivity contribution in [1.29, 1.82) is 0 Å². The Morgan fingerprint density at radius 2 is 2.18 bits per heavy atom. The lowest BCUT2D eigenvalue weighted by Gasteiger charge is -2.17. The maximum absolute atomic E-state index is 6.07. The molecule has 0 amide bonds. The van der Waals surface area contributed by atoms with Gasteiger partial charge in [0.15, 0.2) is 0 Å². The second kappa shape index (κ2) is 3.44. The van der Waals surface area contributed by atoms with E-state index in [0.717, 1.165) is 11.5 Å². The topological polar surface area (TPSA) is 0 Å². The molecule has 1 rings (SSSR count). The van der Waals surface area contributed by atoms with Crippen molar-refractivity contribution in [3.05, 3.63) is 22.8 Å². The molecule has 0 heterocycles. The summed E-state index contributed by atoms with van der Waals surface area (Å²) in [5.74, 6) is 1.18. The lowest BCUT2D eigenvalue weighted by Crippen LogP contribution is -2.02. The van der Waals surface area contributed by atoms with Gasteiger partial charge in [0.25, 0.3) is 0 Å². The van der Waals surface area contributed by atoms with E-state index in [1.165, 1.54) is 5.57 Å².